The smallest absolute Gasteiger partial charge is 0.251 e. The Labute approximate surface area is 142 Å². The van der Waals surface area contributed by atoms with Crippen molar-refractivity contribution in [3.63, 3.8) is 0 Å². The first-order chi connectivity index (χ1) is 11.7. The minimum absolute atomic E-state index is 0.0289. The van der Waals surface area contributed by atoms with Crippen LogP contribution in [0.2, 0.25) is 0 Å². The largest absolute Gasteiger partial charge is 0.396 e. The molecule has 0 radical (unpaired) electrons. The number of hydrogen-bond acceptors (Lipinski definition) is 2. The van der Waals surface area contributed by atoms with Crippen LogP contribution < -0.4 is 5.32 Å². The molecule has 2 aromatic rings. The lowest BCUT2D eigenvalue weighted by Crippen LogP contribution is -2.38. The van der Waals surface area contributed by atoms with Gasteiger partial charge in [0.1, 0.15) is 0 Å². The number of rotatable bonds is 3. The summed E-state index contributed by atoms with van der Waals surface area (Å²) in [7, 11) is 0. The second-order valence-corrected chi connectivity index (χ2v) is 7.08. The second kappa shape index (κ2) is 6.40. The minimum Gasteiger partial charge on any atom is -0.396 e. The Hall–Kier alpha value is -2.13. The molecule has 0 aliphatic heterocycles. The normalized spacial score (nSPS) is 21.9. The molecule has 124 valence electrons. The molecule has 0 atom stereocenters. The Morgan fingerprint density at radius 2 is 1.75 bits per heavy atom. The number of amides is 1. The molecule has 0 bridgehead atoms. The number of fused-ring (bicyclic) bond motifs is 3. The van der Waals surface area contributed by atoms with E-state index in [-0.39, 0.29) is 18.6 Å². The van der Waals surface area contributed by atoms with Crippen molar-refractivity contribution < 1.29 is 9.90 Å². The maximum absolute atomic E-state index is 12.6. The maximum Gasteiger partial charge on any atom is 0.251 e. The number of carbonyl (C=O) groups is 1. The SMILES string of the molecule is O=C(NC1CCC(CO)CC1)c1ccc2c(c1)Cc1ccccc1-2. The Kier molecular flexibility index (Phi) is 4.11. The maximum atomic E-state index is 12.6. The summed E-state index contributed by atoms with van der Waals surface area (Å²) in [5.74, 6) is 0.442. The van der Waals surface area contributed by atoms with Crippen LogP contribution in [0.25, 0.3) is 11.1 Å². The number of nitrogens with one attached hydrogen (secondary N) is 1. The van der Waals surface area contributed by atoms with Gasteiger partial charge in [0.25, 0.3) is 5.91 Å². The molecule has 3 nitrogen and oxygen atoms in total. The summed E-state index contributed by atoms with van der Waals surface area (Å²) in [5.41, 5.74) is 5.89. The van der Waals surface area contributed by atoms with E-state index in [0.717, 1.165) is 37.7 Å². The van der Waals surface area contributed by atoms with Gasteiger partial charge in [-0.25, -0.2) is 0 Å². The van der Waals surface area contributed by atoms with Crippen molar-refractivity contribution in [1.82, 2.24) is 5.32 Å². The molecule has 2 aliphatic carbocycles. The van der Waals surface area contributed by atoms with Crippen molar-refractivity contribution in [3.05, 3.63) is 59.2 Å². The van der Waals surface area contributed by atoms with Crippen molar-refractivity contribution in [2.24, 2.45) is 5.92 Å². The topological polar surface area (TPSA) is 49.3 Å². The van der Waals surface area contributed by atoms with Gasteiger partial charge in [-0.2, -0.15) is 0 Å². The van der Waals surface area contributed by atoms with Crippen LogP contribution >= 0.6 is 0 Å². The highest BCUT2D eigenvalue weighted by atomic mass is 16.3. The van der Waals surface area contributed by atoms with E-state index in [1.54, 1.807) is 0 Å². The fraction of sp³-hybridized carbons (Fsp3) is 0.381. The molecule has 0 saturated heterocycles. The zero-order valence-electron chi connectivity index (χ0n) is 13.8. The first-order valence-corrected chi connectivity index (χ1v) is 8.87. The summed E-state index contributed by atoms with van der Waals surface area (Å²) in [5, 5.41) is 12.4. The molecule has 2 N–H and O–H groups in total. The van der Waals surface area contributed by atoms with Crippen LogP contribution in [-0.4, -0.2) is 23.7 Å². The lowest BCUT2D eigenvalue weighted by Gasteiger charge is -2.28. The van der Waals surface area contributed by atoms with E-state index >= 15 is 0 Å². The lowest BCUT2D eigenvalue weighted by atomic mass is 9.86. The molecular formula is C21H23NO2. The number of aliphatic hydroxyl groups is 1. The predicted octanol–water partition coefficient (Wildman–Crippen LogP) is 3.54. The van der Waals surface area contributed by atoms with E-state index in [2.05, 4.69) is 35.6 Å². The van der Waals surface area contributed by atoms with Crippen LogP contribution in [0.1, 0.15) is 47.2 Å². The predicted molar refractivity (Wildman–Crippen MR) is 95.0 cm³/mol. The standard InChI is InChI=1S/C21H23NO2/c23-13-14-5-8-18(9-6-14)22-21(24)16-7-10-20-17(12-16)11-15-3-1-2-4-19(15)20/h1-4,7,10,12,14,18,23H,5-6,8-9,11,13H2,(H,22,24). The molecule has 0 unspecified atom stereocenters. The first-order valence-electron chi connectivity index (χ1n) is 8.87. The van der Waals surface area contributed by atoms with Crippen molar-refractivity contribution in [2.75, 3.05) is 6.61 Å². The van der Waals surface area contributed by atoms with Gasteiger partial charge in [-0.05, 0) is 72.4 Å². The summed E-state index contributed by atoms with van der Waals surface area (Å²) in [6.07, 6.45) is 4.84. The third-order valence-corrected chi connectivity index (χ3v) is 5.50. The molecule has 24 heavy (non-hydrogen) atoms. The van der Waals surface area contributed by atoms with Crippen LogP contribution in [0, 0.1) is 5.92 Å². The minimum atomic E-state index is 0.0289. The van der Waals surface area contributed by atoms with Crippen LogP contribution in [0.4, 0.5) is 0 Å². The number of aliphatic hydroxyl groups excluding tert-OH is 1. The Balaban J connectivity index is 1.46. The third-order valence-electron chi connectivity index (χ3n) is 5.50. The van der Waals surface area contributed by atoms with Gasteiger partial charge in [-0.15, -0.1) is 0 Å². The molecule has 1 fully saturated rings. The average molecular weight is 321 g/mol. The van der Waals surface area contributed by atoms with Crippen LogP contribution in [-0.2, 0) is 6.42 Å². The first kappa shape index (κ1) is 15.4. The van der Waals surface area contributed by atoms with E-state index < -0.39 is 0 Å². The summed E-state index contributed by atoms with van der Waals surface area (Å²) in [6, 6.07) is 14.8. The average Bonchev–Trinajstić information content (AvgIpc) is 3.00. The fourth-order valence-corrected chi connectivity index (χ4v) is 4.04. The number of benzene rings is 2. The highest BCUT2D eigenvalue weighted by Gasteiger charge is 2.23. The van der Waals surface area contributed by atoms with Gasteiger partial charge >= 0.3 is 0 Å². The van der Waals surface area contributed by atoms with E-state index in [1.165, 1.54) is 22.3 Å². The van der Waals surface area contributed by atoms with Crippen LogP contribution in [0.15, 0.2) is 42.5 Å². The fourth-order valence-electron chi connectivity index (χ4n) is 4.04. The Morgan fingerprint density at radius 1 is 1.00 bits per heavy atom. The van der Waals surface area contributed by atoms with Gasteiger partial charge < -0.3 is 10.4 Å². The Bertz CT molecular complexity index is 760. The van der Waals surface area contributed by atoms with E-state index in [1.807, 2.05) is 12.1 Å². The molecule has 0 heterocycles. The molecule has 4 rings (SSSR count). The monoisotopic (exact) mass is 321 g/mol. The van der Waals surface area contributed by atoms with Crippen molar-refractivity contribution >= 4 is 5.91 Å². The number of hydrogen-bond donors (Lipinski definition) is 2. The summed E-state index contributed by atoms with van der Waals surface area (Å²) in [4.78, 5) is 12.6. The molecule has 3 heteroatoms. The molecule has 0 spiro atoms. The highest BCUT2D eigenvalue weighted by Crippen LogP contribution is 2.36. The summed E-state index contributed by atoms with van der Waals surface area (Å²) < 4.78 is 0. The van der Waals surface area contributed by atoms with Gasteiger partial charge in [-0.1, -0.05) is 30.3 Å². The van der Waals surface area contributed by atoms with E-state index in [0.29, 0.717) is 5.92 Å². The highest BCUT2D eigenvalue weighted by molar-refractivity contribution is 5.96. The van der Waals surface area contributed by atoms with E-state index in [9.17, 15) is 9.90 Å². The zero-order valence-corrected chi connectivity index (χ0v) is 13.8. The molecular weight excluding hydrogens is 298 g/mol. The van der Waals surface area contributed by atoms with Gasteiger partial charge in [0.05, 0.1) is 0 Å². The zero-order chi connectivity index (χ0) is 16.5. The lowest BCUT2D eigenvalue weighted by molar-refractivity contribution is 0.0914. The molecule has 1 amide bonds. The van der Waals surface area contributed by atoms with Crippen molar-refractivity contribution in [1.29, 1.82) is 0 Å². The van der Waals surface area contributed by atoms with Crippen LogP contribution in [0.5, 0.6) is 0 Å². The summed E-state index contributed by atoms with van der Waals surface area (Å²) in [6.45, 7) is 0.270. The van der Waals surface area contributed by atoms with Gasteiger partial charge in [0, 0.05) is 18.2 Å². The Morgan fingerprint density at radius 3 is 2.54 bits per heavy atom. The number of carbonyl (C=O) groups excluding carboxylic acids is 1. The van der Waals surface area contributed by atoms with Gasteiger partial charge in [0.2, 0.25) is 0 Å². The molecule has 0 aromatic heterocycles. The van der Waals surface area contributed by atoms with Gasteiger partial charge in [-0.3, -0.25) is 4.79 Å². The summed E-state index contributed by atoms with van der Waals surface area (Å²) >= 11 is 0. The van der Waals surface area contributed by atoms with Crippen molar-refractivity contribution in [2.45, 2.75) is 38.1 Å². The molecule has 1 saturated carbocycles. The van der Waals surface area contributed by atoms with E-state index in [4.69, 9.17) is 0 Å². The second-order valence-electron chi connectivity index (χ2n) is 7.08. The van der Waals surface area contributed by atoms with Crippen LogP contribution in [0.3, 0.4) is 0 Å². The quantitative estimate of drug-likeness (QED) is 0.775. The third kappa shape index (κ3) is 2.84. The molecule has 2 aliphatic rings. The van der Waals surface area contributed by atoms with Crippen molar-refractivity contribution in [3.8, 4) is 11.1 Å². The molecule has 2 aromatic carbocycles. The van der Waals surface area contributed by atoms with Gasteiger partial charge in [0.15, 0.2) is 0 Å².